The van der Waals surface area contributed by atoms with Gasteiger partial charge in [0.1, 0.15) is 11.4 Å². The largest absolute Gasteiger partial charge is 0.469 e. The minimum Gasteiger partial charge on any atom is -0.469 e. The lowest BCUT2D eigenvalue weighted by atomic mass is 10.00. The highest BCUT2D eigenvalue weighted by atomic mass is 16.5. The van der Waals surface area contributed by atoms with Crippen LogP contribution < -0.4 is 0 Å². The number of carbonyl (C=O) groups excluding carboxylic acids is 1. The summed E-state index contributed by atoms with van der Waals surface area (Å²) in [5.74, 6) is -0.112. The molecule has 0 radical (unpaired) electrons. The summed E-state index contributed by atoms with van der Waals surface area (Å²) in [6.07, 6.45) is 1.33. The van der Waals surface area contributed by atoms with E-state index in [1.165, 1.54) is 20.3 Å². The van der Waals surface area contributed by atoms with Crippen molar-refractivity contribution in [1.82, 2.24) is 0 Å². The van der Waals surface area contributed by atoms with Gasteiger partial charge >= 0.3 is 5.97 Å². The number of aliphatic hydroxyl groups is 1. The Kier molecular flexibility index (Phi) is 2.72. The maximum atomic E-state index is 10.9. The van der Waals surface area contributed by atoms with Gasteiger partial charge in [-0.15, -0.1) is 0 Å². The molecule has 0 saturated heterocycles. The minimum absolute atomic E-state index is 0.114. The third-order valence-corrected chi connectivity index (χ3v) is 1.77. The topological polar surface area (TPSA) is 59.7 Å². The molecule has 0 bridgehead atoms. The Balaban J connectivity index is 2.72. The number of furan rings is 1. The first-order chi connectivity index (χ1) is 6.06. The number of ether oxygens (including phenoxy) is 1. The fourth-order valence-corrected chi connectivity index (χ4v) is 1.03. The summed E-state index contributed by atoms with van der Waals surface area (Å²) < 4.78 is 9.43. The van der Waals surface area contributed by atoms with Crippen molar-refractivity contribution in [3.05, 3.63) is 24.2 Å². The monoisotopic (exact) mass is 184 g/mol. The smallest absolute Gasteiger partial charge is 0.308 e. The van der Waals surface area contributed by atoms with E-state index in [4.69, 9.17) is 4.42 Å². The van der Waals surface area contributed by atoms with Crippen molar-refractivity contribution < 1.29 is 19.1 Å². The van der Waals surface area contributed by atoms with Crippen LogP contribution in [0.15, 0.2) is 22.8 Å². The van der Waals surface area contributed by atoms with Crippen LogP contribution in [-0.2, 0) is 15.1 Å². The van der Waals surface area contributed by atoms with E-state index in [2.05, 4.69) is 4.74 Å². The average Bonchev–Trinajstić information content (AvgIpc) is 2.55. The predicted molar refractivity (Wildman–Crippen MR) is 44.9 cm³/mol. The summed E-state index contributed by atoms with van der Waals surface area (Å²) in [5.41, 5.74) is -1.30. The third-order valence-electron chi connectivity index (χ3n) is 1.77. The maximum absolute atomic E-state index is 10.9. The number of hydrogen-bond donors (Lipinski definition) is 1. The van der Waals surface area contributed by atoms with Gasteiger partial charge in [0.15, 0.2) is 0 Å². The highest BCUT2D eigenvalue weighted by molar-refractivity contribution is 5.70. The molecular weight excluding hydrogens is 172 g/mol. The molecule has 0 aliphatic heterocycles. The number of hydrogen-bond acceptors (Lipinski definition) is 4. The molecule has 1 atom stereocenters. The van der Waals surface area contributed by atoms with E-state index >= 15 is 0 Å². The lowest BCUT2D eigenvalue weighted by Gasteiger charge is -2.18. The second kappa shape index (κ2) is 3.62. The molecule has 1 aromatic rings. The Hall–Kier alpha value is -1.29. The number of carbonyl (C=O) groups is 1. The summed E-state index contributed by atoms with van der Waals surface area (Å²) in [7, 11) is 1.28. The molecule has 0 aliphatic carbocycles. The first kappa shape index (κ1) is 9.80. The molecule has 1 heterocycles. The van der Waals surface area contributed by atoms with Crippen molar-refractivity contribution >= 4 is 5.97 Å². The standard InChI is InChI=1S/C9H12O4/c1-9(11,6-8(10)12-2)7-4-3-5-13-7/h3-5,11H,6H2,1-2H3/t9-/m0/s1. The highest BCUT2D eigenvalue weighted by Crippen LogP contribution is 2.24. The van der Waals surface area contributed by atoms with Gasteiger partial charge < -0.3 is 14.3 Å². The van der Waals surface area contributed by atoms with E-state index in [1.807, 2.05) is 0 Å². The van der Waals surface area contributed by atoms with Crippen molar-refractivity contribution in [2.24, 2.45) is 0 Å². The second-order valence-electron chi connectivity index (χ2n) is 3.00. The highest BCUT2D eigenvalue weighted by Gasteiger charge is 2.29. The number of rotatable bonds is 3. The van der Waals surface area contributed by atoms with Gasteiger partial charge in [0.25, 0.3) is 0 Å². The van der Waals surface area contributed by atoms with Crippen LogP contribution in [0.3, 0.4) is 0 Å². The molecule has 0 fully saturated rings. The fourth-order valence-electron chi connectivity index (χ4n) is 1.03. The van der Waals surface area contributed by atoms with Gasteiger partial charge in [-0.2, -0.15) is 0 Å². The van der Waals surface area contributed by atoms with Crippen LogP contribution in [0.5, 0.6) is 0 Å². The van der Waals surface area contributed by atoms with E-state index in [9.17, 15) is 9.90 Å². The quantitative estimate of drug-likeness (QED) is 0.713. The molecule has 0 spiro atoms. The van der Waals surface area contributed by atoms with Gasteiger partial charge in [0.05, 0.1) is 19.8 Å². The molecule has 4 nitrogen and oxygen atoms in total. The van der Waals surface area contributed by atoms with E-state index in [0.29, 0.717) is 5.76 Å². The Morgan fingerprint density at radius 1 is 1.77 bits per heavy atom. The second-order valence-corrected chi connectivity index (χ2v) is 3.00. The van der Waals surface area contributed by atoms with Crippen molar-refractivity contribution in [3.63, 3.8) is 0 Å². The van der Waals surface area contributed by atoms with E-state index in [0.717, 1.165) is 0 Å². The van der Waals surface area contributed by atoms with Crippen LogP contribution in [0.2, 0.25) is 0 Å². The molecule has 1 rings (SSSR count). The molecule has 0 unspecified atom stereocenters. The SMILES string of the molecule is COC(=O)C[C@](C)(O)c1ccco1. The normalized spacial score (nSPS) is 15.0. The van der Waals surface area contributed by atoms with Gasteiger partial charge in [0, 0.05) is 0 Å². The molecular formula is C9H12O4. The minimum atomic E-state index is -1.30. The van der Waals surface area contributed by atoms with Gasteiger partial charge in [-0.3, -0.25) is 4.79 Å². The Labute approximate surface area is 76.1 Å². The van der Waals surface area contributed by atoms with E-state index in [1.54, 1.807) is 12.1 Å². The fraction of sp³-hybridized carbons (Fsp3) is 0.444. The molecule has 4 heteroatoms. The Bertz CT molecular complexity index is 274. The van der Waals surface area contributed by atoms with Crippen LogP contribution in [0.25, 0.3) is 0 Å². The summed E-state index contributed by atoms with van der Waals surface area (Å²) in [6, 6.07) is 3.27. The lowest BCUT2D eigenvalue weighted by Crippen LogP contribution is -2.25. The van der Waals surface area contributed by atoms with E-state index < -0.39 is 11.6 Å². The Morgan fingerprint density at radius 3 is 2.92 bits per heavy atom. The summed E-state index contributed by atoms with van der Waals surface area (Å²) >= 11 is 0. The van der Waals surface area contributed by atoms with Crippen LogP contribution >= 0.6 is 0 Å². The Morgan fingerprint density at radius 2 is 2.46 bits per heavy atom. The van der Waals surface area contributed by atoms with Gasteiger partial charge in [-0.25, -0.2) is 0 Å². The van der Waals surface area contributed by atoms with Gasteiger partial charge in [-0.1, -0.05) is 0 Å². The molecule has 72 valence electrons. The average molecular weight is 184 g/mol. The predicted octanol–water partition coefficient (Wildman–Crippen LogP) is 1.05. The molecule has 0 aromatic carbocycles. The molecule has 0 saturated carbocycles. The van der Waals surface area contributed by atoms with E-state index in [-0.39, 0.29) is 6.42 Å². The van der Waals surface area contributed by atoms with Crippen LogP contribution in [-0.4, -0.2) is 18.2 Å². The van der Waals surface area contributed by atoms with Crippen LogP contribution in [0.1, 0.15) is 19.1 Å². The third kappa shape index (κ3) is 2.32. The first-order valence-electron chi connectivity index (χ1n) is 3.89. The van der Waals surface area contributed by atoms with Gasteiger partial charge in [-0.05, 0) is 19.1 Å². The molecule has 13 heavy (non-hydrogen) atoms. The first-order valence-corrected chi connectivity index (χ1v) is 3.89. The zero-order chi connectivity index (χ0) is 9.90. The van der Waals surface area contributed by atoms with Crippen molar-refractivity contribution in [3.8, 4) is 0 Å². The van der Waals surface area contributed by atoms with Crippen LogP contribution in [0, 0.1) is 0 Å². The number of methoxy groups -OCH3 is 1. The summed E-state index contributed by atoms with van der Waals surface area (Å²) in [6.45, 7) is 1.50. The summed E-state index contributed by atoms with van der Waals surface area (Å²) in [4.78, 5) is 10.9. The maximum Gasteiger partial charge on any atom is 0.308 e. The molecule has 0 aliphatic rings. The lowest BCUT2D eigenvalue weighted by molar-refractivity contribution is -0.146. The zero-order valence-corrected chi connectivity index (χ0v) is 7.61. The van der Waals surface area contributed by atoms with Crippen molar-refractivity contribution in [1.29, 1.82) is 0 Å². The summed E-state index contributed by atoms with van der Waals surface area (Å²) in [5, 5.41) is 9.78. The molecule has 0 amide bonds. The molecule has 1 aromatic heterocycles. The van der Waals surface area contributed by atoms with Gasteiger partial charge in [0.2, 0.25) is 0 Å². The number of esters is 1. The molecule has 1 N–H and O–H groups in total. The zero-order valence-electron chi connectivity index (χ0n) is 7.61. The van der Waals surface area contributed by atoms with Crippen molar-refractivity contribution in [2.45, 2.75) is 18.9 Å². The van der Waals surface area contributed by atoms with Crippen molar-refractivity contribution in [2.75, 3.05) is 7.11 Å². The van der Waals surface area contributed by atoms with Crippen LogP contribution in [0.4, 0.5) is 0 Å².